The summed E-state index contributed by atoms with van der Waals surface area (Å²) in [7, 11) is 0. The van der Waals surface area contributed by atoms with E-state index in [1.54, 1.807) is 0 Å². The lowest BCUT2D eigenvalue weighted by Crippen LogP contribution is -2.36. The standard InChI is InChI=1S/C60H38N4/c1-3-16-41(17-4-1)57-61-58(63-59(62-57)45-33-35-48-44(37-45)32-29-40-15-7-8-20-47(40)48)42-30-27-39(28-31-42)43-34-36-56-54(38-43)60(51-23-11-9-21-49(51)50-22-10-12-24-52(50)60)53-25-13-14-26-55(53)64(56)46-18-5-2-6-19-46/h1-38H. The zero-order valence-corrected chi connectivity index (χ0v) is 34.7. The van der Waals surface area contributed by atoms with E-state index in [1.165, 1.54) is 60.9 Å². The lowest BCUT2D eigenvalue weighted by molar-refractivity contribution is 0.753. The highest BCUT2D eigenvalue weighted by atomic mass is 15.2. The van der Waals surface area contributed by atoms with Crippen LogP contribution in [-0.4, -0.2) is 15.0 Å². The molecule has 0 saturated carbocycles. The van der Waals surface area contributed by atoms with E-state index in [0.29, 0.717) is 17.5 Å². The maximum absolute atomic E-state index is 5.15. The van der Waals surface area contributed by atoms with Crippen molar-refractivity contribution in [3.05, 3.63) is 253 Å². The SMILES string of the molecule is c1ccc(-c2nc(-c3ccc(-c4ccc5c(c4)C4(c6ccccc6-c6ccccc64)c4ccccc4N5c4ccccc4)cc3)nc(-c3ccc4c(ccc5ccccc54)c3)n2)cc1. The number of hydrogen-bond acceptors (Lipinski definition) is 4. The summed E-state index contributed by atoms with van der Waals surface area (Å²) in [6.07, 6.45) is 0. The second-order valence-corrected chi connectivity index (χ2v) is 16.7. The molecule has 4 heteroatoms. The van der Waals surface area contributed by atoms with Crippen molar-refractivity contribution >= 4 is 38.6 Å². The second kappa shape index (κ2) is 14.3. The Balaban J connectivity index is 0.958. The van der Waals surface area contributed by atoms with Gasteiger partial charge in [-0.1, -0.05) is 194 Å². The molecule has 0 radical (unpaired) electrons. The van der Waals surface area contributed by atoms with Crippen molar-refractivity contribution in [3.63, 3.8) is 0 Å². The minimum absolute atomic E-state index is 0.522. The van der Waals surface area contributed by atoms with Gasteiger partial charge >= 0.3 is 0 Å². The molecule has 13 rings (SSSR count). The van der Waals surface area contributed by atoms with Crippen LogP contribution in [0.4, 0.5) is 17.1 Å². The molecule has 1 aromatic heterocycles. The van der Waals surface area contributed by atoms with E-state index in [1.807, 2.05) is 18.2 Å². The molecule has 0 N–H and O–H groups in total. The van der Waals surface area contributed by atoms with E-state index in [4.69, 9.17) is 15.0 Å². The molecule has 2 aliphatic rings. The van der Waals surface area contributed by atoms with Crippen LogP contribution in [0.3, 0.4) is 0 Å². The summed E-state index contributed by atoms with van der Waals surface area (Å²) in [5.74, 6) is 1.92. The first-order valence-electron chi connectivity index (χ1n) is 21.9. The molecule has 1 spiro atoms. The fourth-order valence-electron chi connectivity index (χ4n) is 10.5. The highest BCUT2D eigenvalue weighted by Crippen LogP contribution is 2.63. The summed E-state index contributed by atoms with van der Waals surface area (Å²) in [5, 5.41) is 4.82. The van der Waals surface area contributed by atoms with Crippen molar-refractivity contribution in [1.29, 1.82) is 0 Å². The van der Waals surface area contributed by atoms with Gasteiger partial charge in [0, 0.05) is 22.4 Å². The molecule has 0 amide bonds. The van der Waals surface area contributed by atoms with E-state index < -0.39 is 5.41 Å². The van der Waals surface area contributed by atoms with Crippen molar-refractivity contribution in [3.8, 4) is 56.4 Å². The molecule has 11 aromatic rings. The number of benzene rings is 10. The van der Waals surface area contributed by atoms with Crippen LogP contribution >= 0.6 is 0 Å². The first-order valence-corrected chi connectivity index (χ1v) is 21.9. The van der Waals surface area contributed by atoms with Crippen LogP contribution in [0, 0.1) is 0 Å². The lowest BCUT2D eigenvalue weighted by Gasteiger charge is -2.45. The Morgan fingerprint density at radius 3 is 1.53 bits per heavy atom. The summed E-state index contributed by atoms with van der Waals surface area (Å²) in [4.78, 5) is 17.7. The summed E-state index contributed by atoms with van der Waals surface area (Å²) < 4.78 is 0. The van der Waals surface area contributed by atoms with E-state index >= 15 is 0 Å². The van der Waals surface area contributed by atoms with Crippen molar-refractivity contribution in [2.24, 2.45) is 0 Å². The molecule has 298 valence electrons. The van der Waals surface area contributed by atoms with Crippen molar-refractivity contribution < 1.29 is 0 Å². The van der Waals surface area contributed by atoms with Crippen LogP contribution in [0.5, 0.6) is 0 Å². The number of anilines is 3. The number of aromatic nitrogens is 3. The van der Waals surface area contributed by atoms with E-state index in [-0.39, 0.29) is 0 Å². The second-order valence-electron chi connectivity index (χ2n) is 16.7. The number of nitrogens with zero attached hydrogens (tertiary/aromatic N) is 4. The number of para-hydroxylation sites is 2. The molecule has 10 aromatic carbocycles. The Hall–Kier alpha value is -8.47. The highest BCUT2D eigenvalue weighted by Gasteiger charge is 2.51. The maximum Gasteiger partial charge on any atom is 0.164 e. The Morgan fingerprint density at radius 1 is 0.297 bits per heavy atom. The smallest absolute Gasteiger partial charge is 0.164 e. The van der Waals surface area contributed by atoms with Gasteiger partial charge in [-0.25, -0.2) is 15.0 Å². The van der Waals surface area contributed by atoms with Crippen LogP contribution < -0.4 is 4.90 Å². The molecule has 4 nitrogen and oxygen atoms in total. The van der Waals surface area contributed by atoms with Gasteiger partial charge in [0.25, 0.3) is 0 Å². The van der Waals surface area contributed by atoms with E-state index in [9.17, 15) is 0 Å². The minimum Gasteiger partial charge on any atom is -0.310 e. The topological polar surface area (TPSA) is 41.9 Å². The molecular weight excluding hydrogens is 777 g/mol. The Kier molecular flexibility index (Phi) is 8.09. The molecule has 0 bridgehead atoms. The molecule has 2 heterocycles. The van der Waals surface area contributed by atoms with Gasteiger partial charge in [-0.2, -0.15) is 0 Å². The van der Waals surface area contributed by atoms with Gasteiger partial charge in [-0.3, -0.25) is 0 Å². The van der Waals surface area contributed by atoms with Gasteiger partial charge < -0.3 is 4.90 Å². The monoisotopic (exact) mass is 814 g/mol. The predicted molar refractivity (Wildman–Crippen MR) is 262 cm³/mol. The number of fused-ring (bicyclic) bond motifs is 12. The molecule has 0 saturated heterocycles. The molecule has 0 fully saturated rings. The van der Waals surface area contributed by atoms with E-state index in [0.717, 1.165) is 38.9 Å². The van der Waals surface area contributed by atoms with Gasteiger partial charge in [-0.05, 0) is 102 Å². The first kappa shape index (κ1) is 36.2. The molecular formula is C60H38N4. The van der Waals surface area contributed by atoms with Gasteiger partial charge in [0.05, 0.1) is 16.8 Å². The molecule has 64 heavy (non-hydrogen) atoms. The Morgan fingerprint density at radius 2 is 0.797 bits per heavy atom. The van der Waals surface area contributed by atoms with Gasteiger partial charge in [0.15, 0.2) is 17.5 Å². The van der Waals surface area contributed by atoms with Crippen LogP contribution in [0.1, 0.15) is 22.3 Å². The zero-order valence-electron chi connectivity index (χ0n) is 34.7. The Bertz CT molecular complexity index is 3570. The normalized spacial score (nSPS) is 13.1. The minimum atomic E-state index is -0.522. The summed E-state index contributed by atoms with van der Waals surface area (Å²) in [5.41, 5.74) is 15.8. The van der Waals surface area contributed by atoms with Crippen molar-refractivity contribution in [1.82, 2.24) is 15.0 Å². The highest BCUT2D eigenvalue weighted by molar-refractivity contribution is 6.08. The lowest BCUT2D eigenvalue weighted by atomic mass is 9.64. The third-order valence-electron chi connectivity index (χ3n) is 13.3. The fraction of sp³-hybridized carbons (Fsp3) is 0.0167. The molecule has 0 atom stereocenters. The van der Waals surface area contributed by atoms with Crippen LogP contribution in [0.25, 0.3) is 78.0 Å². The molecule has 0 unspecified atom stereocenters. The number of hydrogen-bond donors (Lipinski definition) is 0. The zero-order chi connectivity index (χ0) is 42.2. The first-order chi connectivity index (χ1) is 31.7. The predicted octanol–water partition coefficient (Wildman–Crippen LogP) is 15.0. The van der Waals surface area contributed by atoms with Crippen molar-refractivity contribution in [2.45, 2.75) is 5.41 Å². The quantitative estimate of drug-likeness (QED) is 0.162. The summed E-state index contributed by atoms with van der Waals surface area (Å²) >= 11 is 0. The average molecular weight is 815 g/mol. The van der Waals surface area contributed by atoms with Crippen LogP contribution in [0.15, 0.2) is 231 Å². The fourth-order valence-corrected chi connectivity index (χ4v) is 10.5. The molecule has 1 aliphatic carbocycles. The van der Waals surface area contributed by atoms with E-state index in [2.05, 4.69) is 217 Å². The largest absolute Gasteiger partial charge is 0.310 e. The number of rotatable bonds is 5. The third-order valence-corrected chi connectivity index (χ3v) is 13.3. The third kappa shape index (κ3) is 5.46. The van der Waals surface area contributed by atoms with Gasteiger partial charge in [0.1, 0.15) is 0 Å². The van der Waals surface area contributed by atoms with Crippen LogP contribution in [-0.2, 0) is 5.41 Å². The van der Waals surface area contributed by atoms with Gasteiger partial charge in [-0.15, -0.1) is 0 Å². The maximum atomic E-state index is 5.15. The molecule has 1 aliphatic heterocycles. The van der Waals surface area contributed by atoms with Gasteiger partial charge in [0.2, 0.25) is 0 Å². The average Bonchev–Trinajstić information content (AvgIpc) is 3.67. The summed E-state index contributed by atoms with van der Waals surface area (Å²) in [6, 6.07) is 83.0. The Labute approximate surface area is 371 Å². The van der Waals surface area contributed by atoms with Crippen molar-refractivity contribution in [2.75, 3.05) is 4.90 Å². The van der Waals surface area contributed by atoms with Crippen LogP contribution in [0.2, 0.25) is 0 Å². The summed E-state index contributed by atoms with van der Waals surface area (Å²) in [6.45, 7) is 0.